The van der Waals surface area contributed by atoms with Crippen molar-refractivity contribution in [3.63, 3.8) is 0 Å². The van der Waals surface area contributed by atoms with Crippen molar-refractivity contribution in [2.45, 2.75) is 45.6 Å². The summed E-state index contributed by atoms with van der Waals surface area (Å²) in [5.74, 6) is 0. The lowest BCUT2D eigenvalue weighted by Gasteiger charge is -2.37. The molecule has 2 aliphatic heterocycles. The molecule has 2 unspecified atom stereocenters. The Balaban J connectivity index is 2.19. The number of urea groups is 1. The van der Waals surface area contributed by atoms with E-state index in [0.29, 0.717) is 11.3 Å². The molecule has 1 saturated heterocycles. The summed E-state index contributed by atoms with van der Waals surface area (Å²) < 4.78 is 51.9. The molecular weight excluding hydrogens is 497 g/mol. The van der Waals surface area contributed by atoms with Crippen LogP contribution in [0.2, 0.25) is 0 Å². The van der Waals surface area contributed by atoms with Crippen molar-refractivity contribution in [1.82, 2.24) is 10.2 Å². The van der Waals surface area contributed by atoms with Crippen LogP contribution in [0.5, 0.6) is 0 Å². The van der Waals surface area contributed by atoms with Gasteiger partial charge in [0.25, 0.3) is 0 Å². The Morgan fingerprint density at radius 3 is 2.25 bits per heavy atom. The van der Waals surface area contributed by atoms with Crippen LogP contribution in [0.1, 0.15) is 27.7 Å². The van der Waals surface area contributed by atoms with Gasteiger partial charge in [0.1, 0.15) is 11.8 Å². The zero-order valence-corrected chi connectivity index (χ0v) is 20.1. The molecule has 6 N–H and O–H groups in total. The molecule has 0 aromatic heterocycles. The van der Waals surface area contributed by atoms with E-state index in [0.717, 1.165) is 0 Å². The predicted molar refractivity (Wildman–Crippen MR) is 106 cm³/mol. The van der Waals surface area contributed by atoms with Crippen LogP contribution in [0.15, 0.2) is 24.0 Å². The third kappa shape index (κ3) is 6.15. The number of phosphoric acid groups is 3. The highest BCUT2D eigenvalue weighted by Gasteiger charge is 2.60. The molecule has 184 valence electrons. The van der Waals surface area contributed by atoms with E-state index in [1.54, 1.807) is 20.8 Å². The maximum Gasteiger partial charge on any atom is 0.490 e. The van der Waals surface area contributed by atoms with Gasteiger partial charge in [-0.25, -0.2) is 18.5 Å². The zero-order chi connectivity index (χ0) is 24.9. The highest BCUT2D eigenvalue weighted by atomic mass is 31.3. The first-order valence-electron chi connectivity index (χ1n) is 8.80. The molecule has 0 bridgehead atoms. The number of ether oxygens (including phenoxy) is 1. The van der Waals surface area contributed by atoms with E-state index < -0.39 is 59.5 Å². The van der Waals surface area contributed by atoms with Crippen molar-refractivity contribution >= 4 is 29.5 Å². The summed E-state index contributed by atoms with van der Waals surface area (Å²) >= 11 is 0. The van der Waals surface area contributed by atoms with Gasteiger partial charge in [-0.05, 0) is 19.4 Å². The van der Waals surface area contributed by atoms with Gasteiger partial charge in [-0.15, -0.1) is 0 Å². The van der Waals surface area contributed by atoms with Crippen LogP contribution in [0.4, 0.5) is 4.79 Å². The van der Waals surface area contributed by atoms with Gasteiger partial charge >= 0.3 is 29.5 Å². The number of nitrogens with one attached hydrogen (secondary N) is 1. The lowest BCUT2D eigenvalue weighted by Crippen LogP contribution is -2.51. The first kappa shape index (κ1) is 27.3. The summed E-state index contributed by atoms with van der Waals surface area (Å²) in [6.07, 6.45) is -1.01. The number of aliphatic hydroxyl groups is 1. The van der Waals surface area contributed by atoms with E-state index >= 15 is 0 Å². The fourth-order valence-corrected chi connectivity index (χ4v) is 6.36. The molecule has 32 heavy (non-hydrogen) atoms. The average molecular weight is 522 g/mol. The maximum absolute atomic E-state index is 12.4. The number of nitrogens with zero attached hydrogens (tertiary/aromatic N) is 1. The van der Waals surface area contributed by atoms with Gasteiger partial charge in [-0.3, -0.25) is 9.42 Å². The number of allylic oxidation sites excluding steroid dienone is 1. The van der Waals surface area contributed by atoms with E-state index in [1.165, 1.54) is 18.0 Å². The fraction of sp³-hybridized carbons (Fsp3) is 0.643. The number of carbonyl (C=O) groups is 1. The summed E-state index contributed by atoms with van der Waals surface area (Å²) in [5, 5.41) is 13.3. The third-order valence-corrected chi connectivity index (χ3v) is 8.57. The summed E-state index contributed by atoms with van der Waals surface area (Å²) in [6.45, 7) is 8.91. The number of hydrogen-bond donors (Lipinski definition) is 6. The lowest BCUT2D eigenvalue weighted by atomic mass is 9.80. The third-order valence-electron chi connectivity index (χ3n) is 4.78. The first-order chi connectivity index (χ1) is 14.2. The number of rotatable bonds is 8. The summed E-state index contributed by atoms with van der Waals surface area (Å²) in [6, 6.07) is -0.594. The molecular formula is C14H25N2O13P3. The summed E-state index contributed by atoms with van der Waals surface area (Å²) in [7, 11) is -16.7. The topological polar surface area (TPSA) is 222 Å². The molecule has 0 aliphatic carbocycles. The van der Waals surface area contributed by atoms with Crippen LogP contribution in [-0.4, -0.2) is 60.2 Å². The molecule has 1 fully saturated rings. The second-order valence-electron chi connectivity index (χ2n) is 8.00. The van der Waals surface area contributed by atoms with Crippen LogP contribution in [0, 0.1) is 5.41 Å². The molecule has 0 aromatic rings. The van der Waals surface area contributed by atoms with Crippen molar-refractivity contribution in [3.05, 3.63) is 24.0 Å². The van der Waals surface area contributed by atoms with Crippen LogP contribution in [-0.2, 0) is 31.6 Å². The molecule has 2 heterocycles. The van der Waals surface area contributed by atoms with Crippen LogP contribution < -0.4 is 5.32 Å². The van der Waals surface area contributed by atoms with Crippen molar-refractivity contribution in [1.29, 1.82) is 0 Å². The van der Waals surface area contributed by atoms with Crippen molar-refractivity contribution < 1.29 is 61.1 Å². The maximum atomic E-state index is 12.4. The smallest absolute Gasteiger partial charge is 0.389 e. The minimum Gasteiger partial charge on any atom is -0.389 e. The SMILES string of the molecule is C=C1NC(=O)N([C@@H]2O[C@](C)(COP(=O)(O)OP(=O)(O)OP(=O)(O)O)[C@H](O)C2(C)C)C=C1C. The molecule has 0 saturated carbocycles. The fourth-order valence-electron chi connectivity index (χ4n) is 3.25. The number of phosphoric ester groups is 1. The molecule has 2 rings (SSSR count). The zero-order valence-electron chi connectivity index (χ0n) is 17.4. The number of amides is 2. The Morgan fingerprint density at radius 1 is 1.16 bits per heavy atom. The van der Waals surface area contributed by atoms with Gasteiger partial charge in [-0.2, -0.15) is 8.62 Å². The summed E-state index contributed by atoms with van der Waals surface area (Å²) in [5.41, 5.74) is -1.88. The number of carbonyl (C=O) groups excluding carboxylic acids is 1. The lowest BCUT2D eigenvalue weighted by molar-refractivity contribution is -0.119. The van der Waals surface area contributed by atoms with Crippen molar-refractivity contribution in [2.75, 3.05) is 6.61 Å². The second-order valence-corrected chi connectivity index (χ2v) is 12.4. The molecule has 18 heteroatoms. The first-order valence-corrected chi connectivity index (χ1v) is 13.3. The Labute approximate surface area is 183 Å². The van der Waals surface area contributed by atoms with E-state index in [9.17, 15) is 33.4 Å². The Bertz CT molecular complexity index is 975. The normalized spacial score (nSPS) is 32.2. The minimum atomic E-state index is -5.70. The highest BCUT2D eigenvalue weighted by Crippen LogP contribution is 2.66. The molecule has 0 radical (unpaired) electrons. The van der Waals surface area contributed by atoms with Crippen LogP contribution in [0.3, 0.4) is 0 Å². The molecule has 2 aliphatic rings. The number of aliphatic hydroxyl groups excluding tert-OH is 1. The quantitative estimate of drug-likeness (QED) is 0.248. The second kappa shape index (κ2) is 8.70. The van der Waals surface area contributed by atoms with Gasteiger partial charge in [0.2, 0.25) is 0 Å². The average Bonchev–Trinajstić information content (AvgIpc) is 2.74. The largest absolute Gasteiger partial charge is 0.490 e. The highest BCUT2D eigenvalue weighted by molar-refractivity contribution is 7.66. The predicted octanol–water partition coefficient (Wildman–Crippen LogP) is 1.27. The Hall–Kier alpha value is -0.920. The van der Waals surface area contributed by atoms with Gasteiger partial charge in [-0.1, -0.05) is 20.4 Å². The molecule has 5 atom stereocenters. The molecule has 0 aromatic carbocycles. The van der Waals surface area contributed by atoms with Gasteiger partial charge in [0.15, 0.2) is 0 Å². The molecule has 2 amide bonds. The van der Waals surface area contributed by atoms with Crippen molar-refractivity contribution in [2.24, 2.45) is 5.41 Å². The monoisotopic (exact) mass is 522 g/mol. The molecule has 0 spiro atoms. The van der Waals surface area contributed by atoms with Crippen LogP contribution >= 0.6 is 23.5 Å². The Kier molecular flexibility index (Phi) is 7.43. The van der Waals surface area contributed by atoms with E-state index in [2.05, 4.69) is 25.0 Å². The molecule has 15 nitrogen and oxygen atoms in total. The van der Waals surface area contributed by atoms with E-state index in [1.807, 2.05) is 0 Å². The standard InChI is InChI=1S/C14H25N2O13P3/c1-8-6-16(12(18)15-9(8)2)11-13(3,4)10(17)14(5,27-11)7-26-31(22,23)29-32(24,25)28-30(19,20)21/h6,10-11,17H,2,7H2,1,3-5H3,(H,15,18)(H,22,23)(H,24,25)(H2,19,20,21)/t10-,11-,14-/m1/s1. The van der Waals surface area contributed by atoms with E-state index in [4.69, 9.17) is 14.5 Å². The van der Waals surface area contributed by atoms with Gasteiger partial charge < -0.3 is 34.7 Å². The summed E-state index contributed by atoms with van der Waals surface area (Å²) in [4.78, 5) is 49.6. The minimum absolute atomic E-state index is 0.373. The van der Waals surface area contributed by atoms with E-state index in [-0.39, 0.29) is 0 Å². The number of hydrogen-bond acceptors (Lipinski definition) is 9. The van der Waals surface area contributed by atoms with Gasteiger partial charge in [0.05, 0.1) is 12.7 Å². The van der Waals surface area contributed by atoms with Gasteiger partial charge in [0, 0.05) is 17.3 Å². The van der Waals surface area contributed by atoms with Crippen molar-refractivity contribution in [3.8, 4) is 0 Å². The Morgan fingerprint density at radius 2 is 1.72 bits per heavy atom. The van der Waals surface area contributed by atoms with Crippen LogP contribution in [0.25, 0.3) is 0 Å².